The van der Waals surface area contributed by atoms with Crippen LogP contribution in [-0.2, 0) is 23.1 Å². The van der Waals surface area contributed by atoms with Crippen molar-refractivity contribution >= 4 is 10.3 Å². The number of aryl methyl sites for hydroxylation is 3. The number of hydrogen-bond acceptors (Lipinski definition) is 3. The van der Waals surface area contributed by atoms with Gasteiger partial charge in [-0.05, 0) is 62.3 Å². The van der Waals surface area contributed by atoms with Crippen molar-refractivity contribution in [3.8, 4) is 11.8 Å². The molecule has 2 aromatic carbocycles. The van der Waals surface area contributed by atoms with Gasteiger partial charge >= 0.3 is 10.3 Å². The fourth-order valence-electron chi connectivity index (χ4n) is 3.84. The van der Waals surface area contributed by atoms with E-state index in [0.29, 0.717) is 0 Å². The van der Waals surface area contributed by atoms with Crippen LogP contribution in [0.2, 0.25) is 0 Å². The van der Waals surface area contributed by atoms with Crippen LogP contribution >= 0.6 is 0 Å². The summed E-state index contributed by atoms with van der Waals surface area (Å²) in [6.45, 7) is 2.86. The van der Waals surface area contributed by atoms with Gasteiger partial charge in [0, 0.05) is 18.0 Å². The first-order valence-electron chi connectivity index (χ1n) is 11.4. The van der Waals surface area contributed by atoms with Crippen LogP contribution < -0.4 is 10.5 Å². The Balaban J connectivity index is 0.000000278. The molecule has 174 valence electrons. The molecule has 0 radical (unpaired) electrons. The standard InChI is InChI=1S/C20H23N.C6H13NO3S/c1-17-9-7-13-19(14-8-16-21)20(17)15-6-5-12-18-10-3-2-4-11-18;8-11(9,10)7-6-4-2-1-3-5-6/h2-4,7,9-11,13H,5,8,12,14,16,21H2,1H3;6-7H,1-5H2,(H,8,9,10). The van der Waals surface area contributed by atoms with E-state index in [1.54, 1.807) is 0 Å². The third-order valence-corrected chi connectivity index (χ3v) is 6.16. The minimum Gasteiger partial charge on any atom is -0.330 e. The zero-order valence-corrected chi connectivity index (χ0v) is 19.8. The summed E-state index contributed by atoms with van der Waals surface area (Å²) in [5, 5.41) is 0. The van der Waals surface area contributed by atoms with E-state index in [-0.39, 0.29) is 6.04 Å². The minimum absolute atomic E-state index is 0.0428. The number of nitrogens with one attached hydrogen (secondary N) is 1. The van der Waals surface area contributed by atoms with Crippen LogP contribution in [0.25, 0.3) is 0 Å². The summed E-state index contributed by atoms with van der Waals surface area (Å²) < 4.78 is 31.3. The summed E-state index contributed by atoms with van der Waals surface area (Å²) in [5.41, 5.74) is 10.7. The molecule has 0 spiro atoms. The van der Waals surface area contributed by atoms with Crippen LogP contribution in [0.1, 0.15) is 67.2 Å². The largest absolute Gasteiger partial charge is 0.333 e. The van der Waals surface area contributed by atoms with Crippen molar-refractivity contribution in [2.75, 3.05) is 6.54 Å². The van der Waals surface area contributed by atoms with Crippen molar-refractivity contribution in [2.45, 2.75) is 70.8 Å². The highest BCUT2D eigenvalue weighted by molar-refractivity contribution is 7.83. The van der Waals surface area contributed by atoms with Crippen LogP contribution in [0.15, 0.2) is 48.5 Å². The van der Waals surface area contributed by atoms with Crippen molar-refractivity contribution in [1.82, 2.24) is 4.72 Å². The summed E-state index contributed by atoms with van der Waals surface area (Å²) in [5.74, 6) is 6.70. The van der Waals surface area contributed by atoms with Crippen LogP contribution in [0.5, 0.6) is 0 Å². The molecule has 0 unspecified atom stereocenters. The van der Waals surface area contributed by atoms with E-state index in [2.05, 4.69) is 66.0 Å². The molecule has 0 aromatic heterocycles. The summed E-state index contributed by atoms with van der Waals surface area (Å²) >= 11 is 0. The smallest absolute Gasteiger partial charge is 0.330 e. The maximum atomic E-state index is 10.3. The first-order valence-corrected chi connectivity index (χ1v) is 12.9. The molecule has 6 heteroatoms. The van der Waals surface area contributed by atoms with Crippen LogP contribution in [0, 0.1) is 18.8 Å². The molecule has 5 nitrogen and oxygen atoms in total. The molecule has 3 rings (SSSR count). The average Bonchev–Trinajstić information content (AvgIpc) is 2.77. The zero-order chi connectivity index (χ0) is 23.2. The Morgan fingerprint density at radius 2 is 1.75 bits per heavy atom. The maximum Gasteiger partial charge on any atom is 0.333 e. The third-order valence-electron chi connectivity index (χ3n) is 5.52. The number of hydrogen-bond donors (Lipinski definition) is 3. The number of rotatable bonds is 7. The second-order valence-electron chi connectivity index (χ2n) is 8.22. The van der Waals surface area contributed by atoms with Crippen molar-refractivity contribution in [3.63, 3.8) is 0 Å². The zero-order valence-electron chi connectivity index (χ0n) is 19.0. The Morgan fingerprint density at radius 1 is 1.03 bits per heavy atom. The highest BCUT2D eigenvalue weighted by Gasteiger charge is 2.17. The normalized spacial score (nSPS) is 14.1. The molecule has 0 amide bonds. The second kappa shape index (κ2) is 14.1. The van der Waals surface area contributed by atoms with Gasteiger partial charge in [-0.1, -0.05) is 79.6 Å². The van der Waals surface area contributed by atoms with Gasteiger partial charge in [0.25, 0.3) is 0 Å². The van der Waals surface area contributed by atoms with Crippen molar-refractivity contribution in [2.24, 2.45) is 5.73 Å². The summed E-state index contributed by atoms with van der Waals surface area (Å²) in [7, 11) is -3.97. The first-order chi connectivity index (χ1) is 15.4. The minimum atomic E-state index is -3.97. The SMILES string of the molecule is Cc1cccc(CCCN)c1C#CCCc1ccccc1.O=S(=O)(O)NC1CCCCC1. The Kier molecular flexibility index (Phi) is 11.5. The molecular weight excluding hydrogens is 420 g/mol. The fourth-order valence-corrected chi connectivity index (χ4v) is 4.50. The van der Waals surface area contributed by atoms with E-state index in [1.165, 1.54) is 28.7 Å². The number of nitrogens with two attached hydrogens (primary N) is 1. The highest BCUT2D eigenvalue weighted by atomic mass is 32.2. The van der Waals surface area contributed by atoms with Crippen LogP contribution in [0.4, 0.5) is 0 Å². The lowest BCUT2D eigenvalue weighted by Gasteiger charge is -2.20. The lowest BCUT2D eigenvalue weighted by molar-refractivity contribution is 0.389. The molecule has 32 heavy (non-hydrogen) atoms. The molecule has 2 aromatic rings. The van der Waals surface area contributed by atoms with E-state index < -0.39 is 10.3 Å². The molecule has 0 aliphatic heterocycles. The van der Waals surface area contributed by atoms with Gasteiger partial charge in [0.2, 0.25) is 0 Å². The third kappa shape index (κ3) is 10.4. The van der Waals surface area contributed by atoms with Gasteiger partial charge in [-0.15, -0.1) is 0 Å². The monoisotopic (exact) mass is 456 g/mol. The van der Waals surface area contributed by atoms with E-state index in [9.17, 15) is 8.42 Å². The molecule has 1 fully saturated rings. The molecule has 1 aliphatic carbocycles. The lowest BCUT2D eigenvalue weighted by atomic mass is 9.96. The summed E-state index contributed by atoms with van der Waals surface area (Å²) in [6, 6.07) is 16.9. The Labute approximate surface area is 193 Å². The molecule has 4 N–H and O–H groups in total. The Bertz CT molecular complexity index is 973. The fraction of sp³-hybridized carbons (Fsp3) is 0.462. The van der Waals surface area contributed by atoms with Crippen molar-refractivity contribution in [3.05, 3.63) is 70.8 Å². The van der Waals surface area contributed by atoms with E-state index >= 15 is 0 Å². The molecule has 1 saturated carbocycles. The van der Waals surface area contributed by atoms with Gasteiger partial charge in [-0.3, -0.25) is 4.55 Å². The van der Waals surface area contributed by atoms with Crippen LogP contribution in [-0.4, -0.2) is 25.6 Å². The molecule has 1 aliphatic rings. The van der Waals surface area contributed by atoms with Gasteiger partial charge in [0.05, 0.1) is 0 Å². The average molecular weight is 457 g/mol. The predicted molar refractivity (Wildman–Crippen MR) is 132 cm³/mol. The molecule has 0 saturated heterocycles. The predicted octanol–water partition coefficient (Wildman–Crippen LogP) is 4.58. The molecule has 0 heterocycles. The van der Waals surface area contributed by atoms with Crippen molar-refractivity contribution in [1.29, 1.82) is 0 Å². The van der Waals surface area contributed by atoms with Gasteiger partial charge in [-0.2, -0.15) is 13.1 Å². The van der Waals surface area contributed by atoms with Gasteiger partial charge in [-0.25, -0.2) is 0 Å². The van der Waals surface area contributed by atoms with Gasteiger partial charge in [0.1, 0.15) is 0 Å². The lowest BCUT2D eigenvalue weighted by Crippen LogP contribution is -2.35. The Morgan fingerprint density at radius 3 is 2.41 bits per heavy atom. The van der Waals surface area contributed by atoms with Gasteiger partial charge in [0.15, 0.2) is 0 Å². The Hall–Kier alpha value is -2.17. The summed E-state index contributed by atoms with van der Waals surface area (Å²) in [6.07, 6.45) is 8.90. The quantitative estimate of drug-likeness (QED) is 0.420. The first kappa shape index (κ1) is 26.1. The van der Waals surface area contributed by atoms with Gasteiger partial charge < -0.3 is 5.73 Å². The van der Waals surface area contributed by atoms with E-state index in [4.69, 9.17) is 10.3 Å². The van der Waals surface area contributed by atoms with E-state index in [1.807, 2.05) is 6.07 Å². The maximum absolute atomic E-state index is 10.3. The van der Waals surface area contributed by atoms with Crippen LogP contribution in [0.3, 0.4) is 0 Å². The second-order valence-corrected chi connectivity index (χ2v) is 9.40. The van der Waals surface area contributed by atoms with E-state index in [0.717, 1.165) is 57.9 Å². The molecular formula is C26H36N2O3S. The summed E-state index contributed by atoms with van der Waals surface area (Å²) in [4.78, 5) is 0. The molecule has 0 atom stereocenters. The highest BCUT2D eigenvalue weighted by Crippen LogP contribution is 2.17. The van der Waals surface area contributed by atoms with Crippen molar-refractivity contribution < 1.29 is 13.0 Å². The molecule has 0 bridgehead atoms. The topological polar surface area (TPSA) is 92.4 Å². The number of benzene rings is 2.